The van der Waals surface area contributed by atoms with Crippen molar-refractivity contribution in [2.24, 2.45) is 5.92 Å². The number of carbonyl (C=O) groups excluding carboxylic acids is 1. The second kappa shape index (κ2) is 6.94. The lowest BCUT2D eigenvalue weighted by Crippen LogP contribution is -2.28. The van der Waals surface area contributed by atoms with Crippen LogP contribution in [-0.2, 0) is 4.79 Å². The Labute approximate surface area is 104 Å². The van der Waals surface area contributed by atoms with Crippen molar-refractivity contribution < 1.29 is 4.79 Å². The smallest absolute Gasteiger partial charge is 0.221 e. The average Bonchev–Trinajstić information content (AvgIpc) is 2.26. The molecule has 0 fully saturated rings. The zero-order chi connectivity index (χ0) is 12.7. The fourth-order valence-electron chi connectivity index (χ4n) is 1.48. The Morgan fingerprint density at radius 3 is 2.76 bits per heavy atom. The summed E-state index contributed by atoms with van der Waals surface area (Å²) >= 11 is 0. The molecule has 17 heavy (non-hydrogen) atoms. The molecule has 0 aliphatic heterocycles. The molecular weight excluding hydrogens is 212 g/mol. The number of hydrogen-bond donors (Lipinski definition) is 2. The maximum atomic E-state index is 11.5. The number of nitrogens with one attached hydrogen (secondary N) is 2. The fourth-order valence-corrected chi connectivity index (χ4v) is 1.48. The standard InChI is InChI=1S/C14H22N2O/c1-11(2)10-16-14(17)7-8-15-13-6-4-5-12(3)9-13/h4-6,9,11,15H,7-8,10H2,1-3H3,(H,16,17). The van der Waals surface area contributed by atoms with Gasteiger partial charge in [0.2, 0.25) is 5.91 Å². The van der Waals surface area contributed by atoms with E-state index >= 15 is 0 Å². The molecule has 1 aromatic rings. The molecule has 2 N–H and O–H groups in total. The van der Waals surface area contributed by atoms with Crippen LogP contribution in [0.2, 0.25) is 0 Å². The second-order valence-electron chi connectivity index (χ2n) is 4.74. The average molecular weight is 234 g/mol. The zero-order valence-electron chi connectivity index (χ0n) is 10.9. The number of anilines is 1. The van der Waals surface area contributed by atoms with Crippen molar-refractivity contribution in [2.75, 3.05) is 18.4 Å². The van der Waals surface area contributed by atoms with Crippen LogP contribution in [-0.4, -0.2) is 19.0 Å². The van der Waals surface area contributed by atoms with Crippen LogP contribution in [0.15, 0.2) is 24.3 Å². The van der Waals surface area contributed by atoms with Crippen molar-refractivity contribution in [3.63, 3.8) is 0 Å². The highest BCUT2D eigenvalue weighted by molar-refractivity contribution is 5.76. The zero-order valence-corrected chi connectivity index (χ0v) is 10.9. The van der Waals surface area contributed by atoms with Gasteiger partial charge in [-0.15, -0.1) is 0 Å². The molecule has 3 nitrogen and oxygen atoms in total. The van der Waals surface area contributed by atoms with Gasteiger partial charge >= 0.3 is 0 Å². The normalized spacial score (nSPS) is 10.4. The highest BCUT2D eigenvalue weighted by Crippen LogP contribution is 2.08. The third-order valence-corrected chi connectivity index (χ3v) is 2.41. The fraction of sp³-hybridized carbons (Fsp3) is 0.500. The van der Waals surface area contributed by atoms with Crippen LogP contribution in [0.1, 0.15) is 25.8 Å². The second-order valence-corrected chi connectivity index (χ2v) is 4.74. The van der Waals surface area contributed by atoms with E-state index in [-0.39, 0.29) is 5.91 Å². The predicted molar refractivity (Wildman–Crippen MR) is 72.1 cm³/mol. The van der Waals surface area contributed by atoms with E-state index < -0.39 is 0 Å². The van der Waals surface area contributed by atoms with E-state index in [4.69, 9.17) is 0 Å². The van der Waals surface area contributed by atoms with Gasteiger partial charge in [-0.3, -0.25) is 4.79 Å². The largest absolute Gasteiger partial charge is 0.385 e. The van der Waals surface area contributed by atoms with Gasteiger partial charge in [-0.05, 0) is 30.5 Å². The molecule has 0 aliphatic rings. The van der Waals surface area contributed by atoms with Crippen LogP contribution >= 0.6 is 0 Å². The third kappa shape index (κ3) is 5.95. The molecule has 0 aromatic heterocycles. The summed E-state index contributed by atoms with van der Waals surface area (Å²) in [5.74, 6) is 0.613. The van der Waals surface area contributed by atoms with Crippen LogP contribution in [0.4, 0.5) is 5.69 Å². The molecule has 1 amide bonds. The van der Waals surface area contributed by atoms with Gasteiger partial charge in [-0.2, -0.15) is 0 Å². The topological polar surface area (TPSA) is 41.1 Å². The Morgan fingerprint density at radius 2 is 2.12 bits per heavy atom. The van der Waals surface area contributed by atoms with E-state index in [9.17, 15) is 4.79 Å². The molecule has 3 heteroatoms. The van der Waals surface area contributed by atoms with Gasteiger partial charge in [0, 0.05) is 25.2 Å². The summed E-state index contributed by atoms with van der Waals surface area (Å²) in [6, 6.07) is 8.15. The molecule has 0 unspecified atom stereocenters. The van der Waals surface area contributed by atoms with Gasteiger partial charge in [0.05, 0.1) is 0 Å². The van der Waals surface area contributed by atoms with E-state index in [1.54, 1.807) is 0 Å². The number of carbonyl (C=O) groups is 1. The van der Waals surface area contributed by atoms with Crippen molar-refractivity contribution in [3.8, 4) is 0 Å². The summed E-state index contributed by atoms with van der Waals surface area (Å²) in [5, 5.41) is 6.14. The SMILES string of the molecule is Cc1cccc(NCCC(=O)NCC(C)C)c1. The Morgan fingerprint density at radius 1 is 1.35 bits per heavy atom. The molecule has 0 aliphatic carbocycles. The minimum Gasteiger partial charge on any atom is -0.385 e. The van der Waals surface area contributed by atoms with Crippen LogP contribution in [0.5, 0.6) is 0 Å². The van der Waals surface area contributed by atoms with Gasteiger partial charge < -0.3 is 10.6 Å². The highest BCUT2D eigenvalue weighted by Gasteiger charge is 2.01. The molecular formula is C14H22N2O. The lowest BCUT2D eigenvalue weighted by molar-refractivity contribution is -0.120. The Balaban J connectivity index is 2.21. The maximum Gasteiger partial charge on any atom is 0.221 e. The van der Waals surface area contributed by atoms with Gasteiger partial charge in [0.25, 0.3) is 0 Å². The molecule has 0 spiro atoms. The van der Waals surface area contributed by atoms with Gasteiger partial charge in [-0.1, -0.05) is 26.0 Å². The minimum atomic E-state index is 0.110. The third-order valence-electron chi connectivity index (χ3n) is 2.41. The molecule has 1 aromatic carbocycles. The van der Waals surface area contributed by atoms with Crippen LogP contribution in [0, 0.1) is 12.8 Å². The number of rotatable bonds is 6. The van der Waals surface area contributed by atoms with Crippen LogP contribution in [0.3, 0.4) is 0 Å². The first-order valence-electron chi connectivity index (χ1n) is 6.15. The van der Waals surface area contributed by atoms with Crippen LogP contribution in [0.25, 0.3) is 0 Å². The quantitative estimate of drug-likeness (QED) is 0.794. The van der Waals surface area contributed by atoms with E-state index in [2.05, 4.69) is 43.5 Å². The Hall–Kier alpha value is -1.51. The Kier molecular flexibility index (Phi) is 5.53. The molecule has 1 rings (SSSR count). The predicted octanol–water partition coefficient (Wildman–Crippen LogP) is 2.57. The van der Waals surface area contributed by atoms with Gasteiger partial charge in [0.15, 0.2) is 0 Å². The summed E-state index contributed by atoms with van der Waals surface area (Å²) in [5.41, 5.74) is 2.29. The minimum absolute atomic E-state index is 0.110. The molecule has 0 saturated heterocycles. The molecule has 94 valence electrons. The molecule has 0 heterocycles. The maximum absolute atomic E-state index is 11.5. The monoisotopic (exact) mass is 234 g/mol. The molecule has 0 atom stereocenters. The first-order valence-corrected chi connectivity index (χ1v) is 6.15. The highest BCUT2D eigenvalue weighted by atomic mass is 16.1. The number of amides is 1. The van der Waals surface area contributed by atoms with E-state index in [0.29, 0.717) is 18.9 Å². The first-order chi connectivity index (χ1) is 8.08. The molecule has 0 radical (unpaired) electrons. The van der Waals surface area contributed by atoms with Gasteiger partial charge in [0.1, 0.15) is 0 Å². The lowest BCUT2D eigenvalue weighted by Gasteiger charge is -2.09. The summed E-state index contributed by atoms with van der Waals surface area (Å²) < 4.78 is 0. The summed E-state index contributed by atoms with van der Waals surface area (Å²) in [7, 11) is 0. The van der Waals surface area contributed by atoms with E-state index in [1.807, 2.05) is 12.1 Å². The van der Waals surface area contributed by atoms with Crippen molar-refractivity contribution in [2.45, 2.75) is 27.2 Å². The van der Waals surface area contributed by atoms with Crippen LogP contribution < -0.4 is 10.6 Å². The summed E-state index contributed by atoms with van der Waals surface area (Å²) in [6.45, 7) is 7.66. The van der Waals surface area contributed by atoms with Gasteiger partial charge in [-0.25, -0.2) is 0 Å². The Bertz CT molecular complexity index is 361. The van der Waals surface area contributed by atoms with Crippen molar-refractivity contribution in [3.05, 3.63) is 29.8 Å². The lowest BCUT2D eigenvalue weighted by atomic mass is 10.2. The van der Waals surface area contributed by atoms with Crippen molar-refractivity contribution in [1.82, 2.24) is 5.32 Å². The first kappa shape index (κ1) is 13.6. The molecule has 0 bridgehead atoms. The van der Waals surface area contributed by atoms with E-state index in [1.165, 1.54) is 5.56 Å². The van der Waals surface area contributed by atoms with E-state index in [0.717, 1.165) is 12.2 Å². The number of benzene rings is 1. The summed E-state index contributed by atoms with van der Waals surface area (Å²) in [4.78, 5) is 11.5. The molecule has 0 saturated carbocycles. The van der Waals surface area contributed by atoms with Crippen molar-refractivity contribution >= 4 is 11.6 Å². The number of hydrogen-bond acceptors (Lipinski definition) is 2. The van der Waals surface area contributed by atoms with Crippen molar-refractivity contribution in [1.29, 1.82) is 0 Å². The summed E-state index contributed by atoms with van der Waals surface area (Å²) in [6.07, 6.45) is 0.515. The number of aryl methyl sites for hydroxylation is 1.